The average molecular weight is 328 g/mol. The Bertz CT molecular complexity index is 402. The third-order valence-electron chi connectivity index (χ3n) is 6.92. The maximum absolute atomic E-state index is 12.9. The molecule has 4 aliphatic carbocycles. The molecule has 4 saturated carbocycles. The Morgan fingerprint density at radius 3 is 2.21 bits per heavy atom. The van der Waals surface area contributed by atoms with Crippen molar-refractivity contribution in [3.8, 4) is 0 Å². The minimum atomic E-state index is -0.167. The molecule has 0 heterocycles. The summed E-state index contributed by atoms with van der Waals surface area (Å²) >= 11 is 3.85. The number of rotatable bonds is 2. The fraction of sp³-hybridized carbons (Fsp3) is 0.938. The molecule has 108 valence electrons. The van der Waals surface area contributed by atoms with Gasteiger partial charge in [-0.2, -0.15) is 0 Å². The summed E-state index contributed by atoms with van der Waals surface area (Å²) in [7, 11) is 0. The van der Waals surface area contributed by atoms with Crippen molar-refractivity contribution in [1.29, 1.82) is 0 Å². The van der Waals surface area contributed by atoms with Crippen LogP contribution in [0.5, 0.6) is 0 Å². The second-order valence-corrected chi connectivity index (χ2v) is 8.60. The van der Waals surface area contributed by atoms with Crippen LogP contribution in [0, 0.1) is 16.2 Å². The molecule has 0 aromatic carbocycles. The highest BCUT2D eigenvalue weighted by Crippen LogP contribution is 2.79. The monoisotopic (exact) mass is 327 g/mol. The number of nitrogens with one attached hydrogen (secondary N) is 1. The number of alkyl halides is 1. The van der Waals surface area contributed by atoms with Gasteiger partial charge in [-0.15, -0.1) is 0 Å². The molecule has 0 aromatic heterocycles. The van der Waals surface area contributed by atoms with Crippen LogP contribution in [0.3, 0.4) is 0 Å². The van der Waals surface area contributed by atoms with Crippen LogP contribution >= 0.6 is 15.9 Å². The Kier molecular flexibility index (Phi) is 3.09. The van der Waals surface area contributed by atoms with Crippen molar-refractivity contribution < 1.29 is 4.79 Å². The van der Waals surface area contributed by atoms with Crippen molar-refractivity contribution in [2.75, 3.05) is 0 Å². The summed E-state index contributed by atoms with van der Waals surface area (Å²) in [6.07, 6.45) is 8.45. The van der Waals surface area contributed by atoms with Gasteiger partial charge >= 0.3 is 0 Å². The first-order chi connectivity index (χ1) is 8.86. The zero-order valence-corrected chi connectivity index (χ0v) is 14.0. The van der Waals surface area contributed by atoms with Gasteiger partial charge in [-0.1, -0.05) is 56.0 Å². The van der Waals surface area contributed by atoms with E-state index in [0.717, 1.165) is 6.42 Å². The van der Waals surface area contributed by atoms with Crippen molar-refractivity contribution in [2.45, 2.75) is 76.6 Å². The molecule has 4 aliphatic rings. The molecule has 0 aromatic rings. The van der Waals surface area contributed by atoms with E-state index >= 15 is 0 Å². The topological polar surface area (TPSA) is 29.1 Å². The Morgan fingerprint density at radius 2 is 1.74 bits per heavy atom. The molecule has 0 aliphatic heterocycles. The molecular weight excluding hydrogens is 302 g/mol. The molecule has 19 heavy (non-hydrogen) atoms. The van der Waals surface area contributed by atoms with Crippen molar-refractivity contribution in [3.05, 3.63) is 0 Å². The normalized spacial score (nSPS) is 44.7. The average Bonchev–Trinajstić information content (AvgIpc) is 2.79. The third kappa shape index (κ3) is 1.51. The van der Waals surface area contributed by atoms with E-state index in [0.29, 0.717) is 16.8 Å². The van der Waals surface area contributed by atoms with Gasteiger partial charge in [0.15, 0.2) is 0 Å². The third-order valence-corrected chi connectivity index (χ3v) is 8.71. The summed E-state index contributed by atoms with van der Waals surface area (Å²) in [4.78, 5) is 13.3. The quantitative estimate of drug-likeness (QED) is 0.762. The summed E-state index contributed by atoms with van der Waals surface area (Å²) in [6.45, 7) is 6.92. The number of halogens is 1. The molecule has 0 saturated heterocycles. The number of hydrogen-bond acceptors (Lipinski definition) is 1. The van der Waals surface area contributed by atoms with Gasteiger partial charge in [0.1, 0.15) is 0 Å². The minimum absolute atomic E-state index is 0.118. The number of hydrogen-bond donors (Lipinski definition) is 1. The summed E-state index contributed by atoms with van der Waals surface area (Å²) in [5.41, 5.74) is 0.239. The van der Waals surface area contributed by atoms with Crippen LogP contribution in [-0.4, -0.2) is 16.8 Å². The van der Waals surface area contributed by atoms with Crippen LogP contribution < -0.4 is 5.32 Å². The summed E-state index contributed by atoms with van der Waals surface area (Å²) in [5.74, 6) is 0.321. The molecule has 2 nitrogen and oxygen atoms in total. The fourth-order valence-corrected chi connectivity index (χ4v) is 6.83. The van der Waals surface area contributed by atoms with Crippen LogP contribution in [0.25, 0.3) is 0 Å². The molecule has 2 bridgehead atoms. The van der Waals surface area contributed by atoms with E-state index in [-0.39, 0.29) is 16.2 Å². The highest BCUT2D eigenvalue weighted by Gasteiger charge is 2.80. The van der Waals surface area contributed by atoms with Gasteiger partial charge < -0.3 is 5.32 Å². The highest BCUT2D eigenvalue weighted by atomic mass is 79.9. The van der Waals surface area contributed by atoms with E-state index in [1.54, 1.807) is 0 Å². The summed E-state index contributed by atoms with van der Waals surface area (Å²) in [5, 5.41) is 3.37. The maximum Gasteiger partial charge on any atom is 0.228 e. The van der Waals surface area contributed by atoms with Crippen molar-refractivity contribution in [1.82, 2.24) is 5.32 Å². The summed E-state index contributed by atoms with van der Waals surface area (Å²) < 4.78 is 0. The molecule has 1 amide bonds. The molecule has 3 heteroatoms. The van der Waals surface area contributed by atoms with Crippen molar-refractivity contribution in [2.24, 2.45) is 16.2 Å². The lowest BCUT2D eigenvalue weighted by molar-refractivity contribution is -0.162. The molecule has 3 atom stereocenters. The molecule has 3 unspecified atom stereocenters. The number of carbonyl (C=O) groups is 1. The van der Waals surface area contributed by atoms with Gasteiger partial charge in [0.25, 0.3) is 0 Å². The SMILES string of the molecule is CC12CCC(C(=O)NC3CCCCC3)(C1Br)C2(C)C. The lowest BCUT2D eigenvalue weighted by Crippen LogP contribution is -2.69. The Balaban J connectivity index is 1.76. The fourth-order valence-electron chi connectivity index (χ4n) is 5.02. The summed E-state index contributed by atoms with van der Waals surface area (Å²) in [6, 6.07) is 0.429. The van der Waals surface area contributed by atoms with E-state index < -0.39 is 0 Å². The van der Waals surface area contributed by atoms with Gasteiger partial charge in [-0.3, -0.25) is 4.79 Å². The van der Waals surface area contributed by atoms with E-state index in [1.807, 2.05) is 0 Å². The lowest BCUT2D eigenvalue weighted by Gasteiger charge is -2.64. The molecule has 1 N–H and O–H groups in total. The van der Waals surface area contributed by atoms with Crippen LogP contribution in [0.2, 0.25) is 0 Å². The number of amides is 1. The maximum atomic E-state index is 12.9. The van der Waals surface area contributed by atoms with E-state index in [4.69, 9.17) is 0 Å². The second kappa shape index (κ2) is 4.22. The van der Waals surface area contributed by atoms with Crippen LogP contribution in [0.1, 0.15) is 65.7 Å². The first kappa shape index (κ1) is 13.9. The second-order valence-electron chi connectivity index (χ2n) is 7.68. The Hall–Kier alpha value is -0.0500. The van der Waals surface area contributed by atoms with Crippen molar-refractivity contribution >= 4 is 21.8 Å². The molecule has 4 rings (SSSR count). The zero-order chi connectivity index (χ0) is 13.9. The molecule has 0 radical (unpaired) electrons. The predicted molar refractivity (Wildman–Crippen MR) is 81.3 cm³/mol. The predicted octanol–water partition coefficient (Wildman–Crippen LogP) is 4.03. The first-order valence-corrected chi connectivity index (χ1v) is 8.73. The van der Waals surface area contributed by atoms with Gasteiger partial charge in [0.2, 0.25) is 5.91 Å². The van der Waals surface area contributed by atoms with E-state index in [2.05, 4.69) is 42.0 Å². The molecule has 0 spiro atoms. The van der Waals surface area contributed by atoms with Gasteiger partial charge in [0, 0.05) is 10.9 Å². The van der Waals surface area contributed by atoms with Crippen LogP contribution in [-0.2, 0) is 4.79 Å². The Morgan fingerprint density at radius 1 is 1.11 bits per heavy atom. The van der Waals surface area contributed by atoms with Gasteiger partial charge in [-0.05, 0) is 36.5 Å². The van der Waals surface area contributed by atoms with Crippen LogP contribution in [0.15, 0.2) is 0 Å². The van der Waals surface area contributed by atoms with Gasteiger partial charge in [0.05, 0.1) is 5.41 Å². The standard InChI is InChI=1S/C16H26BrNO/c1-14(2)15(3)9-10-16(14,12(15)17)13(19)18-11-7-5-4-6-8-11/h11-12H,4-10H2,1-3H3,(H,18,19). The molecular formula is C16H26BrNO. The number of fused-ring (bicyclic) bond motifs is 1. The highest BCUT2D eigenvalue weighted by molar-refractivity contribution is 9.09. The molecule has 4 fully saturated rings. The smallest absolute Gasteiger partial charge is 0.228 e. The Labute approximate surface area is 125 Å². The first-order valence-electron chi connectivity index (χ1n) is 7.81. The zero-order valence-electron chi connectivity index (χ0n) is 12.4. The van der Waals surface area contributed by atoms with Gasteiger partial charge in [-0.25, -0.2) is 0 Å². The minimum Gasteiger partial charge on any atom is -0.353 e. The lowest BCUT2D eigenvalue weighted by atomic mass is 9.43. The largest absolute Gasteiger partial charge is 0.353 e. The van der Waals surface area contributed by atoms with E-state index in [9.17, 15) is 4.79 Å². The van der Waals surface area contributed by atoms with E-state index in [1.165, 1.54) is 38.5 Å². The van der Waals surface area contributed by atoms with Crippen LogP contribution in [0.4, 0.5) is 0 Å². The van der Waals surface area contributed by atoms with Crippen molar-refractivity contribution in [3.63, 3.8) is 0 Å². The number of carbonyl (C=O) groups excluding carboxylic acids is 1.